The van der Waals surface area contributed by atoms with Crippen molar-refractivity contribution in [2.45, 2.75) is 20.0 Å². The lowest BCUT2D eigenvalue weighted by atomic mass is 10.1. The van der Waals surface area contributed by atoms with Crippen LogP contribution in [-0.2, 0) is 6.18 Å². The number of nitrogens with one attached hydrogen (secondary N) is 1. The fourth-order valence-electron chi connectivity index (χ4n) is 2.92. The van der Waals surface area contributed by atoms with Gasteiger partial charge in [0.15, 0.2) is 5.69 Å². The number of halogens is 3. The maximum Gasteiger partial charge on any atom is 0.418 e. The summed E-state index contributed by atoms with van der Waals surface area (Å²) in [7, 11) is 0. The number of nitro groups is 1. The summed E-state index contributed by atoms with van der Waals surface area (Å²) < 4.78 is 41.0. The molecule has 1 N–H and O–H groups in total. The molecule has 1 heterocycles. The van der Waals surface area contributed by atoms with Crippen molar-refractivity contribution in [2.24, 2.45) is 0 Å². The van der Waals surface area contributed by atoms with Gasteiger partial charge in [-0.05, 0) is 32.0 Å². The van der Waals surface area contributed by atoms with E-state index in [1.807, 2.05) is 0 Å². The molecular formula is C20H15F3N4O4. The van der Waals surface area contributed by atoms with E-state index in [0.717, 1.165) is 28.9 Å². The Balaban J connectivity index is 2.05. The normalized spacial score (nSPS) is 11.3. The average Bonchev–Trinajstić information content (AvgIpc) is 2.68. The highest BCUT2D eigenvalue weighted by Gasteiger charge is 2.34. The van der Waals surface area contributed by atoms with E-state index in [2.05, 4.69) is 10.4 Å². The SMILES string of the molecule is Cc1ccc(NC(=O)c2nn(-c3ccccc3C(F)(F)F)c(C)cc2=O)cc1[N+](=O)[O-]. The molecule has 0 radical (unpaired) electrons. The smallest absolute Gasteiger partial charge is 0.320 e. The van der Waals surface area contributed by atoms with Gasteiger partial charge in [0.05, 0.1) is 16.2 Å². The number of carbonyl (C=O) groups is 1. The highest BCUT2D eigenvalue weighted by molar-refractivity contribution is 6.02. The Kier molecular flexibility index (Phi) is 5.60. The number of anilines is 1. The molecule has 0 atom stereocenters. The van der Waals surface area contributed by atoms with Gasteiger partial charge in [-0.25, -0.2) is 4.68 Å². The van der Waals surface area contributed by atoms with Crippen molar-refractivity contribution in [1.82, 2.24) is 9.78 Å². The molecule has 160 valence electrons. The average molecular weight is 432 g/mol. The van der Waals surface area contributed by atoms with E-state index >= 15 is 0 Å². The highest BCUT2D eigenvalue weighted by atomic mass is 19.4. The summed E-state index contributed by atoms with van der Waals surface area (Å²) in [6.07, 6.45) is -4.68. The third-order valence-electron chi connectivity index (χ3n) is 4.42. The van der Waals surface area contributed by atoms with Gasteiger partial charge in [-0.2, -0.15) is 18.3 Å². The molecule has 3 aromatic rings. The third-order valence-corrected chi connectivity index (χ3v) is 4.42. The van der Waals surface area contributed by atoms with Gasteiger partial charge in [-0.1, -0.05) is 18.2 Å². The fraction of sp³-hybridized carbons (Fsp3) is 0.150. The van der Waals surface area contributed by atoms with Crippen LogP contribution in [0, 0.1) is 24.0 Å². The summed E-state index contributed by atoms with van der Waals surface area (Å²) in [6, 6.07) is 9.51. The quantitative estimate of drug-likeness (QED) is 0.495. The molecule has 0 saturated carbocycles. The van der Waals surface area contributed by atoms with Crippen molar-refractivity contribution < 1.29 is 22.9 Å². The van der Waals surface area contributed by atoms with Crippen molar-refractivity contribution in [1.29, 1.82) is 0 Å². The van der Waals surface area contributed by atoms with Crippen molar-refractivity contribution >= 4 is 17.3 Å². The summed E-state index contributed by atoms with van der Waals surface area (Å²) in [6.45, 7) is 2.90. The molecule has 0 bridgehead atoms. The summed E-state index contributed by atoms with van der Waals surface area (Å²) in [5, 5.41) is 17.2. The minimum absolute atomic E-state index is 0.0336. The van der Waals surface area contributed by atoms with Crippen molar-refractivity contribution in [3.63, 3.8) is 0 Å². The topological polar surface area (TPSA) is 107 Å². The number of nitro benzene ring substituents is 1. The number of hydrogen-bond acceptors (Lipinski definition) is 5. The number of nitrogens with zero attached hydrogens (tertiary/aromatic N) is 3. The largest absolute Gasteiger partial charge is 0.418 e. The number of rotatable bonds is 4. The third kappa shape index (κ3) is 4.44. The van der Waals surface area contributed by atoms with Crippen LogP contribution in [0.3, 0.4) is 0 Å². The van der Waals surface area contributed by atoms with Crippen LogP contribution in [0.5, 0.6) is 0 Å². The van der Waals surface area contributed by atoms with Gasteiger partial charge >= 0.3 is 6.18 Å². The van der Waals surface area contributed by atoms with Gasteiger partial charge in [-0.3, -0.25) is 19.7 Å². The molecule has 8 nitrogen and oxygen atoms in total. The van der Waals surface area contributed by atoms with E-state index < -0.39 is 33.7 Å². The monoisotopic (exact) mass is 432 g/mol. The van der Waals surface area contributed by atoms with Crippen molar-refractivity contribution in [3.05, 3.63) is 91.4 Å². The molecular weight excluding hydrogens is 417 g/mol. The molecule has 0 aliphatic heterocycles. The van der Waals surface area contributed by atoms with E-state index in [1.54, 1.807) is 0 Å². The number of para-hydroxylation sites is 1. The zero-order chi connectivity index (χ0) is 22.9. The minimum Gasteiger partial charge on any atom is -0.320 e. The number of aryl methyl sites for hydroxylation is 2. The molecule has 0 spiro atoms. The zero-order valence-corrected chi connectivity index (χ0v) is 16.2. The van der Waals surface area contributed by atoms with Crippen LogP contribution in [-0.4, -0.2) is 20.6 Å². The molecule has 1 aromatic heterocycles. The van der Waals surface area contributed by atoms with Gasteiger partial charge in [0.1, 0.15) is 0 Å². The number of hydrogen-bond donors (Lipinski definition) is 1. The Hall–Kier alpha value is -4.02. The predicted molar refractivity (Wildman–Crippen MR) is 105 cm³/mol. The summed E-state index contributed by atoms with van der Waals surface area (Å²) >= 11 is 0. The second kappa shape index (κ2) is 8.01. The molecule has 1 amide bonds. The van der Waals surface area contributed by atoms with Crippen molar-refractivity contribution in [3.8, 4) is 5.69 Å². The van der Waals surface area contributed by atoms with Gasteiger partial charge in [0.25, 0.3) is 11.6 Å². The summed E-state index contributed by atoms with van der Waals surface area (Å²) in [5.74, 6) is -1.01. The van der Waals surface area contributed by atoms with Crippen LogP contribution in [0.1, 0.15) is 27.3 Å². The molecule has 11 heteroatoms. The molecule has 0 saturated heterocycles. The molecule has 2 aromatic carbocycles. The van der Waals surface area contributed by atoms with Crippen LogP contribution >= 0.6 is 0 Å². The lowest BCUT2D eigenvalue weighted by Crippen LogP contribution is -2.27. The first kappa shape index (κ1) is 21.7. The maximum atomic E-state index is 13.4. The maximum absolute atomic E-state index is 13.4. The number of amides is 1. The summed E-state index contributed by atoms with van der Waals surface area (Å²) in [4.78, 5) is 35.3. The van der Waals surface area contributed by atoms with E-state index in [4.69, 9.17) is 0 Å². The Morgan fingerprint density at radius 1 is 1.13 bits per heavy atom. The van der Waals surface area contributed by atoms with Gasteiger partial charge < -0.3 is 5.32 Å². The van der Waals surface area contributed by atoms with E-state index in [0.29, 0.717) is 5.56 Å². The summed E-state index contributed by atoms with van der Waals surface area (Å²) in [5.41, 5.74) is -2.57. The van der Waals surface area contributed by atoms with Crippen LogP contribution < -0.4 is 10.7 Å². The predicted octanol–water partition coefficient (Wildman–Crippen LogP) is 4.03. The Morgan fingerprint density at radius 3 is 2.45 bits per heavy atom. The Labute approximate surface area is 173 Å². The first-order valence-electron chi connectivity index (χ1n) is 8.83. The lowest BCUT2D eigenvalue weighted by molar-refractivity contribution is -0.385. The van der Waals surface area contributed by atoms with Gasteiger partial charge in [0, 0.05) is 29.1 Å². The van der Waals surface area contributed by atoms with E-state index in [-0.39, 0.29) is 22.8 Å². The number of carbonyl (C=O) groups excluding carboxylic acids is 1. The number of benzene rings is 2. The van der Waals surface area contributed by atoms with Gasteiger partial charge in [0.2, 0.25) is 5.43 Å². The molecule has 0 unspecified atom stereocenters. The number of aromatic nitrogens is 2. The minimum atomic E-state index is -4.68. The second-order valence-electron chi connectivity index (χ2n) is 6.64. The van der Waals surface area contributed by atoms with E-state index in [1.165, 1.54) is 38.1 Å². The molecule has 31 heavy (non-hydrogen) atoms. The van der Waals surface area contributed by atoms with Crippen molar-refractivity contribution in [2.75, 3.05) is 5.32 Å². The second-order valence-corrected chi connectivity index (χ2v) is 6.64. The standard InChI is InChI=1S/C20H15F3N4O4/c1-11-7-8-13(10-16(11)27(30)31)24-19(29)18-17(28)9-12(2)26(25-18)15-6-4-3-5-14(15)20(21,22)23/h3-10H,1-2H3,(H,24,29). The van der Waals surface area contributed by atoms with Crippen LogP contribution in [0.2, 0.25) is 0 Å². The Bertz CT molecular complexity index is 1250. The fourth-order valence-corrected chi connectivity index (χ4v) is 2.92. The number of alkyl halides is 3. The first-order chi connectivity index (χ1) is 14.5. The molecule has 0 aliphatic rings. The first-order valence-corrected chi connectivity index (χ1v) is 8.83. The molecule has 3 rings (SSSR count). The molecule has 0 fully saturated rings. The molecule has 0 aliphatic carbocycles. The zero-order valence-electron chi connectivity index (χ0n) is 16.2. The highest BCUT2D eigenvalue weighted by Crippen LogP contribution is 2.33. The van der Waals surface area contributed by atoms with Crippen LogP contribution in [0.15, 0.2) is 53.3 Å². The van der Waals surface area contributed by atoms with Gasteiger partial charge in [-0.15, -0.1) is 0 Å². The van der Waals surface area contributed by atoms with Crippen LogP contribution in [0.4, 0.5) is 24.5 Å². The Morgan fingerprint density at radius 2 is 1.81 bits per heavy atom. The van der Waals surface area contributed by atoms with Crippen LogP contribution in [0.25, 0.3) is 5.69 Å². The lowest BCUT2D eigenvalue weighted by Gasteiger charge is -2.16. The van der Waals surface area contributed by atoms with E-state index in [9.17, 15) is 32.9 Å².